The number of anilines is 3. The van der Waals surface area contributed by atoms with Gasteiger partial charge in [-0.05, 0) is 25.1 Å². The second-order valence-electron chi connectivity index (χ2n) is 9.29. The molecule has 1 N–H and O–H groups in total. The quantitative estimate of drug-likeness (QED) is 0.320. The van der Waals surface area contributed by atoms with Crippen molar-refractivity contribution < 1.29 is 13.9 Å². The molecule has 5 aromatic rings. The highest BCUT2D eigenvalue weighted by molar-refractivity contribution is 5.88. The van der Waals surface area contributed by atoms with Crippen molar-refractivity contribution in [1.82, 2.24) is 39.4 Å². The van der Waals surface area contributed by atoms with Crippen molar-refractivity contribution in [2.24, 2.45) is 7.05 Å². The fourth-order valence-corrected chi connectivity index (χ4v) is 4.53. The Morgan fingerprint density at radius 1 is 1.07 bits per heavy atom. The second-order valence-corrected chi connectivity index (χ2v) is 9.29. The Morgan fingerprint density at radius 3 is 2.70 bits per heavy atom. The van der Waals surface area contributed by atoms with Gasteiger partial charge in [0.1, 0.15) is 34.4 Å². The molecule has 1 aromatic carbocycles. The molecule has 0 atom stereocenters. The third-order valence-corrected chi connectivity index (χ3v) is 6.76. The minimum absolute atomic E-state index is 0.0985. The molecule has 0 spiro atoms. The number of amides is 1. The summed E-state index contributed by atoms with van der Waals surface area (Å²) >= 11 is 0. The predicted molar refractivity (Wildman–Crippen MR) is 147 cm³/mol. The molecule has 6 rings (SSSR count). The van der Waals surface area contributed by atoms with Crippen LogP contribution < -0.4 is 15.0 Å². The van der Waals surface area contributed by atoms with Crippen molar-refractivity contribution in [2.75, 3.05) is 36.4 Å². The molecule has 1 aliphatic heterocycles. The minimum Gasteiger partial charge on any atom is -0.455 e. The van der Waals surface area contributed by atoms with Crippen LogP contribution in [0.4, 0.5) is 21.8 Å². The number of hydrogen-bond acceptors (Lipinski definition) is 10. The van der Waals surface area contributed by atoms with E-state index in [1.54, 1.807) is 48.7 Å². The number of rotatable bonds is 6. The first-order valence-electron chi connectivity index (χ1n) is 12.6. The number of carbonyl (C=O) groups excluding carboxylic acids is 1. The van der Waals surface area contributed by atoms with Crippen LogP contribution in [0.25, 0.3) is 22.2 Å². The highest BCUT2D eigenvalue weighted by Crippen LogP contribution is 2.33. The highest BCUT2D eigenvalue weighted by atomic mass is 19.1. The van der Waals surface area contributed by atoms with E-state index >= 15 is 4.39 Å². The van der Waals surface area contributed by atoms with E-state index < -0.39 is 5.82 Å². The van der Waals surface area contributed by atoms with E-state index in [0.717, 1.165) is 5.65 Å². The average molecular weight is 541 g/mol. The molecule has 4 aromatic heterocycles. The van der Waals surface area contributed by atoms with Crippen LogP contribution in [0.15, 0.2) is 55.9 Å². The lowest BCUT2D eigenvalue weighted by Crippen LogP contribution is -2.48. The topological polar surface area (TPSA) is 127 Å². The summed E-state index contributed by atoms with van der Waals surface area (Å²) in [7, 11) is 1.86. The van der Waals surface area contributed by atoms with Crippen LogP contribution in [-0.4, -0.2) is 71.5 Å². The molecular weight excluding hydrogens is 515 g/mol. The van der Waals surface area contributed by atoms with Gasteiger partial charge in [0, 0.05) is 44.9 Å². The first-order chi connectivity index (χ1) is 19.4. The largest absolute Gasteiger partial charge is 0.455 e. The number of hydrogen-bond donors (Lipinski definition) is 1. The number of ether oxygens (including phenoxy) is 1. The number of benzene rings is 1. The van der Waals surface area contributed by atoms with Gasteiger partial charge in [-0.15, -0.1) is 0 Å². The number of aromatic nitrogens is 7. The molecule has 0 radical (unpaired) electrons. The Balaban J connectivity index is 1.24. The minimum atomic E-state index is -0.492. The number of aryl methyl sites for hydroxylation is 1. The Kier molecular flexibility index (Phi) is 6.38. The van der Waals surface area contributed by atoms with E-state index in [4.69, 9.17) is 4.74 Å². The molecule has 0 saturated carbocycles. The summed E-state index contributed by atoms with van der Waals surface area (Å²) in [6, 6.07) is 5.01. The van der Waals surface area contributed by atoms with Crippen LogP contribution in [-0.2, 0) is 11.8 Å². The van der Waals surface area contributed by atoms with Gasteiger partial charge >= 0.3 is 0 Å². The number of imidazole rings is 1. The first kappa shape index (κ1) is 25.1. The number of fused-ring (bicyclic) bond motifs is 2. The molecule has 0 bridgehead atoms. The van der Waals surface area contributed by atoms with E-state index in [2.05, 4.69) is 41.8 Å². The van der Waals surface area contributed by atoms with Crippen LogP contribution in [0.5, 0.6) is 11.5 Å². The molecule has 12 nitrogen and oxygen atoms in total. The van der Waals surface area contributed by atoms with Crippen molar-refractivity contribution in [3.63, 3.8) is 0 Å². The monoisotopic (exact) mass is 540 g/mol. The van der Waals surface area contributed by atoms with E-state index in [9.17, 15) is 4.79 Å². The second kappa shape index (κ2) is 10.2. The van der Waals surface area contributed by atoms with Crippen molar-refractivity contribution in [3.05, 3.63) is 67.3 Å². The summed E-state index contributed by atoms with van der Waals surface area (Å²) in [6.07, 6.45) is 7.54. The van der Waals surface area contributed by atoms with Crippen molar-refractivity contribution >= 4 is 45.6 Å². The lowest BCUT2D eigenvalue weighted by Gasteiger charge is -2.34. The summed E-state index contributed by atoms with van der Waals surface area (Å²) < 4.78 is 23.3. The summed E-state index contributed by atoms with van der Waals surface area (Å²) in [5.41, 5.74) is 2.89. The number of piperazine rings is 1. The van der Waals surface area contributed by atoms with Gasteiger partial charge in [0.05, 0.1) is 24.4 Å². The van der Waals surface area contributed by atoms with E-state index in [0.29, 0.717) is 71.6 Å². The smallest absolute Gasteiger partial charge is 0.246 e. The zero-order valence-corrected chi connectivity index (χ0v) is 21.9. The maximum Gasteiger partial charge on any atom is 0.246 e. The van der Waals surface area contributed by atoms with Gasteiger partial charge in [0.25, 0.3) is 0 Å². The Hall–Kier alpha value is -5.20. The van der Waals surface area contributed by atoms with E-state index in [1.807, 2.05) is 16.5 Å². The molecule has 1 aliphatic rings. The lowest BCUT2D eigenvalue weighted by molar-refractivity contribution is -0.126. The molecule has 13 heteroatoms. The van der Waals surface area contributed by atoms with Gasteiger partial charge < -0.3 is 24.4 Å². The van der Waals surface area contributed by atoms with Gasteiger partial charge in [-0.3, -0.25) is 4.79 Å². The normalized spacial score (nSPS) is 13.6. The van der Waals surface area contributed by atoms with E-state index in [-0.39, 0.29) is 11.6 Å². The van der Waals surface area contributed by atoms with Crippen LogP contribution >= 0.6 is 0 Å². The number of pyridine rings is 1. The van der Waals surface area contributed by atoms with Gasteiger partial charge in [0.2, 0.25) is 11.9 Å². The summed E-state index contributed by atoms with van der Waals surface area (Å²) in [5.74, 6) is 1.04. The maximum absolute atomic E-state index is 15.5. The van der Waals surface area contributed by atoms with Crippen molar-refractivity contribution in [3.8, 4) is 11.5 Å². The van der Waals surface area contributed by atoms with E-state index in [1.165, 1.54) is 12.4 Å². The zero-order valence-electron chi connectivity index (χ0n) is 21.9. The van der Waals surface area contributed by atoms with Gasteiger partial charge in [-0.1, -0.05) is 6.58 Å². The van der Waals surface area contributed by atoms with Gasteiger partial charge in [-0.2, -0.15) is 0 Å². The van der Waals surface area contributed by atoms with Gasteiger partial charge in [0.15, 0.2) is 17.3 Å². The average Bonchev–Trinajstić information content (AvgIpc) is 3.36. The summed E-state index contributed by atoms with van der Waals surface area (Å²) in [6.45, 7) is 7.39. The fraction of sp³-hybridized carbons (Fsp3) is 0.222. The fourth-order valence-electron chi connectivity index (χ4n) is 4.53. The highest BCUT2D eigenvalue weighted by Gasteiger charge is 2.22. The number of halogens is 1. The molecule has 0 aliphatic carbocycles. The Labute approximate surface area is 228 Å². The molecule has 0 unspecified atom stereocenters. The van der Waals surface area contributed by atoms with Crippen LogP contribution in [0.3, 0.4) is 0 Å². The lowest BCUT2D eigenvalue weighted by atomic mass is 10.1. The molecule has 5 heterocycles. The molecule has 40 heavy (non-hydrogen) atoms. The SMILES string of the molecule is C=CC(=O)N1CCN(c2ncc3ncnc(Nc4ccc(Oc5cnc6c(c5)ncn6C)c(C)c4F)c3n2)CC1. The summed E-state index contributed by atoms with van der Waals surface area (Å²) in [5, 5.41) is 3.05. The number of carbonyl (C=O) groups is 1. The third kappa shape index (κ3) is 4.61. The van der Waals surface area contributed by atoms with Crippen LogP contribution in [0.2, 0.25) is 0 Å². The van der Waals surface area contributed by atoms with Crippen molar-refractivity contribution in [2.45, 2.75) is 6.92 Å². The van der Waals surface area contributed by atoms with Gasteiger partial charge in [-0.25, -0.2) is 34.3 Å². The van der Waals surface area contributed by atoms with Crippen LogP contribution in [0, 0.1) is 12.7 Å². The molecule has 202 valence electrons. The molecule has 1 amide bonds. The first-order valence-corrected chi connectivity index (χ1v) is 12.6. The Bertz CT molecular complexity index is 1760. The predicted octanol–water partition coefficient (Wildman–Crippen LogP) is 3.52. The van der Waals surface area contributed by atoms with Crippen molar-refractivity contribution in [1.29, 1.82) is 0 Å². The maximum atomic E-state index is 15.5. The molecular formula is C27H25FN10O2. The van der Waals surface area contributed by atoms with Crippen LogP contribution in [0.1, 0.15) is 5.56 Å². The number of nitrogens with zero attached hydrogens (tertiary/aromatic N) is 9. The summed E-state index contributed by atoms with van der Waals surface area (Å²) in [4.78, 5) is 42.0. The number of nitrogens with one attached hydrogen (secondary N) is 1. The Morgan fingerprint density at radius 2 is 1.90 bits per heavy atom. The molecule has 1 fully saturated rings. The standard InChI is InChI=1S/C27H25FN10O2/c1-4-22(39)37-7-9-38(10-8-37)27-30-13-20-24(35-27)25(32-14-31-20)34-18-5-6-21(16(2)23(18)28)40-17-11-19-26(29-12-17)36(3)15-33-19/h4-6,11-15H,1,7-10H2,2-3H3,(H,31,32,34). The molecule has 1 saturated heterocycles. The zero-order chi connectivity index (χ0) is 27.8. The third-order valence-electron chi connectivity index (χ3n) is 6.76.